The number of hydrogen-bond acceptors (Lipinski definition) is 3. The fourth-order valence-corrected chi connectivity index (χ4v) is 2.81. The van der Waals surface area contributed by atoms with Crippen molar-refractivity contribution in [1.29, 1.82) is 5.26 Å². The molecular formula is C20H12F3N3O3. The summed E-state index contributed by atoms with van der Waals surface area (Å²) in [4.78, 5) is 23.4. The molecule has 0 radical (unpaired) electrons. The lowest BCUT2D eigenvalue weighted by atomic mass is 10.1. The van der Waals surface area contributed by atoms with Crippen LogP contribution in [-0.4, -0.2) is 21.6 Å². The number of carboxylic acid groups (broad SMARTS) is 1. The molecule has 9 heteroatoms. The Morgan fingerprint density at radius 3 is 2.45 bits per heavy atom. The van der Waals surface area contributed by atoms with Crippen molar-refractivity contribution < 1.29 is 27.9 Å². The molecule has 1 heterocycles. The molecule has 2 aromatic carbocycles. The van der Waals surface area contributed by atoms with Crippen LogP contribution in [0.15, 0.2) is 48.2 Å². The van der Waals surface area contributed by atoms with Gasteiger partial charge in [0.25, 0.3) is 5.91 Å². The van der Waals surface area contributed by atoms with Gasteiger partial charge in [-0.2, -0.15) is 5.26 Å². The summed E-state index contributed by atoms with van der Waals surface area (Å²) in [5.74, 6) is -5.99. The number of benzene rings is 2. The van der Waals surface area contributed by atoms with Gasteiger partial charge in [-0.25, -0.2) is 13.2 Å². The zero-order valence-corrected chi connectivity index (χ0v) is 14.6. The van der Waals surface area contributed by atoms with Crippen molar-refractivity contribution in [2.24, 2.45) is 0 Å². The first-order chi connectivity index (χ1) is 13.8. The maximum Gasteiger partial charge on any atom is 0.323 e. The fraction of sp³-hybridized carbons (Fsp3) is 0.0500. The molecule has 0 aliphatic carbocycles. The number of carboxylic acids is 1. The number of amides is 1. The lowest BCUT2D eigenvalue weighted by Crippen LogP contribution is -2.16. The van der Waals surface area contributed by atoms with E-state index in [4.69, 9.17) is 5.11 Å². The normalized spacial score (nSPS) is 11.3. The van der Waals surface area contributed by atoms with Gasteiger partial charge >= 0.3 is 5.97 Å². The van der Waals surface area contributed by atoms with E-state index in [2.05, 4.69) is 0 Å². The van der Waals surface area contributed by atoms with Crippen LogP contribution in [0.5, 0.6) is 0 Å². The number of para-hydroxylation sites is 1. The van der Waals surface area contributed by atoms with E-state index in [9.17, 15) is 28.0 Å². The summed E-state index contributed by atoms with van der Waals surface area (Å²) in [7, 11) is 0. The van der Waals surface area contributed by atoms with Crippen molar-refractivity contribution in [3.63, 3.8) is 0 Å². The molecule has 146 valence electrons. The maximum absolute atomic E-state index is 13.7. The number of aliphatic carboxylic acids is 1. The number of fused-ring (bicyclic) bond motifs is 1. The monoisotopic (exact) mass is 399 g/mol. The highest BCUT2D eigenvalue weighted by atomic mass is 19.1. The van der Waals surface area contributed by atoms with E-state index in [0.29, 0.717) is 28.6 Å². The van der Waals surface area contributed by atoms with Crippen LogP contribution in [0.3, 0.4) is 0 Å². The number of carbonyl (C=O) groups excluding carboxylic acids is 1. The molecule has 3 rings (SSSR count). The van der Waals surface area contributed by atoms with Crippen LogP contribution in [0.25, 0.3) is 17.0 Å². The van der Waals surface area contributed by atoms with Gasteiger partial charge in [-0.15, -0.1) is 0 Å². The molecule has 29 heavy (non-hydrogen) atoms. The van der Waals surface area contributed by atoms with E-state index in [-0.39, 0.29) is 6.54 Å². The van der Waals surface area contributed by atoms with Crippen molar-refractivity contribution in [3.8, 4) is 6.07 Å². The molecule has 2 N–H and O–H groups in total. The van der Waals surface area contributed by atoms with E-state index in [0.717, 1.165) is 0 Å². The quantitative estimate of drug-likeness (QED) is 0.505. The number of carbonyl (C=O) groups is 2. The number of halogens is 3. The Morgan fingerprint density at radius 2 is 1.83 bits per heavy atom. The van der Waals surface area contributed by atoms with Gasteiger partial charge in [-0.3, -0.25) is 9.59 Å². The smallest absolute Gasteiger partial charge is 0.323 e. The predicted octanol–water partition coefficient (Wildman–Crippen LogP) is 3.69. The Hall–Kier alpha value is -4.06. The van der Waals surface area contributed by atoms with Crippen molar-refractivity contribution >= 4 is 34.5 Å². The second-order valence-corrected chi connectivity index (χ2v) is 5.99. The highest BCUT2D eigenvalue weighted by molar-refractivity contribution is 6.11. The fourth-order valence-electron chi connectivity index (χ4n) is 2.81. The highest BCUT2D eigenvalue weighted by Gasteiger charge is 2.18. The zero-order chi connectivity index (χ0) is 21.1. The molecule has 0 fully saturated rings. The van der Waals surface area contributed by atoms with E-state index in [1.807, 2.05) is 5.32 Å². The molecule has 1 amide bonds. The van der Waals surface area contributed by atoms with Crippen LogP contribution in [0, 0.1) is 28.8 Å². The first-order valence-corrected chi connectivity index (χ1v) is 8.17. The van der Waals surface area contributed by atoms with E-state index in [1.54, 1.807) is 30.3 Å². The Kier molecular flexibility index (Phi) is 5.36. The summed E-state index contributed by atoms with van der Waals surface area (Å²) in [5, 5.41) is 20.8. The third kappa shape index (κ3) is 4.11. The van der Waals surface area contributed by atoms with Gasteiger partial charge in [0.2, 0.25) is 0 Å². The second-order valence-electron chi connectivity index (χ2n) is 5.99. The maximum atomic E-state index is 13.7. The number of hydrogen-bond donors (Lipinski definition) is 2. The molecule has 1 aromatic heterocycles. The number of nitriles is 1. The SMILES string of the molecule is N#C/C(=C\c1cn(CC(=O)O)c2ccccc12)C(=O)Nc1c(F)cc(F)cc1F. The van der Waals surface area contributed by atoms with Gasteiger partial charge in [-0.05, 0) is 12.1 Å². The Labute approximate surface area is 162 Å². The number of rotatable bonds is 5. The molecule has 0 unspecified atom stereocenters. The summed E-state index contributed by atoms with van der Waals surface area (Å²) in [6.45, 7) is -0.339. The summed E-state index contributed by atoms with van der Waals surface area (Å²) in [6.07, 6.45) is 2.62. The summed E-state index contributed by atoms with van der Waals surface area (Å²) in [5.41, 5.74) is -0.430. The Morgan fingerprint density at radius 1 is 1.17 bits per heavy atom. The zero-order valence-electron chi connectivity index (χ0n) is 14.6. The van der Waals surface area contributed by atoms with Crippen LogP contribution in [-0.2, 0) is 16.1 Å². The van der Waals surface area contributed by atoms with Gasteiger partial charge in [0.1, 0.15) is 29.7 Å². The lowest BCUT2D eigenvalue weighted by Gasteiger charge is -2.07. The third-order valence-corrected chi connectivity index (χ3v) is 4.04. The molecule has 0 aliphatic rings. The lowest BCUT2D eigenvalue weighted by molar-refractivity contribution is -0.137. The summed E-state index contributed by atoms with van der Waals surface area (Å²) >= 11 is 0. The molecule has 0 aliphatic heterocycles. The van der Waals surface area contributed by atoms with Gasteiger partial charge in [0.15, 0.2) is 11.6 Å². The molecule has 6 nitrogen and oxygen atoms in total. The Bertz CT molecular complexity index is 1190. The van der Waals surface area contributed by atoms with Crippen LogP contribution in [0.4, 0.5) is 18.9 Å². The largest absolute Gasteiger partial charge is 0.480 e. The summed E-state index contributed by atoms with van der Waals surface area (Å²) < 4.78 is 41.9. The standard InChI is InChI=1S/C20H12F3N3O3/c21-13-6-15(22)19(16(23)7-13)25-20(29)11(8-24)5-12-9-26(10-18(27)28)17-4-2-1-3-14(12)17/h1-7,9H,10H2,(H,25,29)(H,27,28)/b11-5+. The first-order valence-electron chi connectivity index (χ1n) is 8.17. The van der Waals surface area contributed by atoms with Crippen LogP contribution in [0.2, 0.25) is 0 Å². The van der Waals surface area contributed by atoms with E-state index in [1.165, 1.54) is 16.8 Å². The molecule has 0 saturated heterocycles. The molecule has 0 saturated carbocycles. The first kappa shape index (κ1) is 19.7. The minimum atomic E-state index is -1.33. The van der Waals surface area contributed by atoms with Crippen LogP contribution < -0.4 is 5.32 Å². The van der Waals surface area contributed by atoms with Gasteiger partial charge < -0.3 is 15.0 Å². The van der Waals surface area contributed by atoms with E-state index >= 15 is 0 Å². The molecule has 0 atom stereocenters. The topological polar surface area (TPSA) is 95.1 Å². The third-order valence-electron chi connectivity index (χ3n) is 4.04. The molecule has 0 bridgehead atoms. The Balaban J connectivity index is 2.00. The van der Waals surface area contributed by atoms with Gasteiger partial charge in [-0.1, -0.05) is 18.2 Å². The van der Waals surface area contributed by atoms with Crippen molar-refractivity contribution in [3.05, 3.63) is 71.2 Å². The second kappa shape index (κ2) is 7.90. The number of nitrogens with zero attached hydrogens (tertiary/aromatic N) is 2. The molecule has 0 spiro atoms. The van der Waals surface area contributed by atoms with Crippen molar-refractivity contribution in [1.82, 2.24) is 4.57 Å². The van der Waals surface area contributed by atoms with Gasteiger partial charge in [0, 0.05) is 34.8 Å². The minimum absolute atomic E-state index is 0.339. The molecule has 3 aromatic rings. The number of nitrogens with one attached hydrogen (secondary N) is 1. The average molecular weight is 399 g/mol. The minimum Gasteiger partial charge on any atom is -0.480 e. The van der Waals surface area contributed by atoms with Crippen molar-refractivity contribution in [2.45, 2.75) is 6.54 Å². The number of anilines is 1. The summed E-state index contributed by atoms with van der Waals surface area (Å²) in [6, 6.07) is 9.17. The van der Waals surface area contributed by atoms with E-state index < -0.39 is 40.6 Å². The van der Waals surface area contributed by atoms with Crippen LogP contribution in [0.1, 0.15) is 5.56 Å². The highest BCUT2D eigenvalue weighted by Crippen LogP contribution is 2.25. The number of aromatic nitrogens is 1. The van der Waals surface area contributed by atoms with Crippen LogP contribution >= 0.6 is 0 Å². The molecular weight excluding hydrogens is 387 g/mol. The van der Waals surface area contributed by atoms with Crippen molar-refractivity contribution in [2.75, 3.05) is 5.32 Å². The van der Waals surface area contributed by atoms with Gasteiger partial charge in [0.05, 0.1) is 0 Å². The predicted molar refractivity (Wildman–Crippen MR) is 98.1 cm³/mol. The average Bonchev–Trinajstić information content (AvgIpc) is 2.99.